The number of halogens is 1. The van der Waals surface area contributed by atoms with Gasteiger partial charge in [-0.25, -0.2) is 4.79 Å². The first-order chi connectivity index (χ1) is 9.02. The lowest BCUT2D eigenvalue weighted by molar-refractivity contribution is -0.140. The quantitative estimate of drug-likeness (QED) is 0.846. The van der Waals surface area contributed by atoms with Gasteiger partial charge >= 0.3 is 12.0 Å². The van der Waals surface area contributed by atoms with E-state index in [0.717, 1.165) is 0 Å². The van der Waals surface area contributed by atoms with Gasteiger partial charge in [-0.3, -0.25) is 4.79 Å². The molecule has 0 bridgehead atoms. The molecule has 0 radical (unpaired) electrons. The maximum absolute atomic E-state index is 11.8. The van der Waals surface area contributed by atoms with Crippen LogP contribution in [0.5, 0.6) is 0 Å². The molecule has 0 atom stereocenters. The summed E-state index contributed by atoms with van der Waals surface area (Å²) < 4.78 is 4.53. The monoisotopic (exact) mass is 284 g/mol. The van der Waals surface area contributed by atoms with Gasteiger partial charge < -0.3 is 15.0 Å². The molecule has 2 amide bonds. The van der Waals surface area contributed by atoms with Crippen molar-refractivity contribution in [2.24, 2.45) is 0 Å². The van der Waals surface area contributed by atoms with E-state index in [2.05, 4.69) is 10.1 Å². The average molecular weight is 285 g/mol. The third-order valence-corrected chi connectivity index (χ3v) is 2.76. The van der Waals surface area contributed by atoms with E-state index in [9.17, 15) is 9.59 Å². The van der Waals surface area contributed by atoms with Crippen LogP contribution in [0, 0.1) is 0 Å². The number of esters is 1. The minimum Gasteiger partial charge on any atom is -0.469 e. The fraction of sp³-hybridized carbons (Fsp3) is 0.385. The second kappa shape index (κ2) is 7.63. The molecule has 0 saturated carbocycles. The summed E-state index contributed by atoms with van der Waals surface area (Å²) in [5, 5.41) is 3.28. The highest BCUT2D eigenvalue weighted by molar-refractivity contribution is 6.30. The average Bonchev–Trinajstić information content (AvgIpc) is 2.38. The van der Waals surface area contributed by atoms with E-state index in [-0.39, 0.29) is 12.0 Å². The van der Waals surface area contributed by atoms with Crippen molar-refractivity contribution in [1.82, 2.24) is 4.90 Å². The first-order valence-electron chi connectivity index (χ1n) is 5.87. The zero-order valence-corrected chi connectivity index (χ0v) is 11.7. The van der Waals surface area contributed by atoms with Crippen molar-refractivity contribution in [2.75, 3.05) is 26.0 Å². The molecular weight excluding hydrogens is 268 g/mol. The molecule has 104 valence electrons. The van der Waals surface area contributed by atoms with Crippen LogP contribution in [0.2, 0.25) is 5.02 Å². The highest BCUT2D eigenvalue weighted by Gasteiger charge is 2.09. The second-order valence-corrected chi connectivity index (χ2v) is 4.48. The molecule has 1 aromatic carbocycles. The summed E-state index contributed by atoms with van der Waals surface area (Å²) in [6, 6.07) is 6.67. The van der Waals surface area contributed by atoms with Gasteiger partial charge in [0.2, 0.25) is 0 Å². The molecule has 0 spiro atoms. The number of carbonyl (C=O) groups is 2. The van der Waals surface area contributed by atoms with Crippen molar-refractivity contribution >= 4 is 29.3 Å². The van der Waals surface area contributed by atoms with E-state index < -0.39 is 0 Å². The van der Waals surface area contributed by atoms with E-state index in [1.165, 1.54) is 12.0 Å². The molecule has 0 aliphatic carbocycles. The Hall–Kier alpha value is -1.75. The summed E-state index contributed by atoms with van der Waals surface area (Å²) >= 11 is 5.83. The van der Waals surface area contributed by atoms with E-state index in [4.69, 9.17) is 11.6 Å². The Bertz CT molecular complexity index is 451. The van der Waals surface area contributed by atoms with Crippen molar-refractivity contribution in [3.05, 3.63) is 29.3 Å². The molecule has 0 heterocycles. The third-order valence-electron chi connectivity index (χ3n) is 2.52. The fourth-order valence-electron chi connectivity index (χ4n) is 1.45. The van der Waals surface area contributed by atoms with Crippen LogP contribution in [0.25, 0.3) is 0 Å². The number of amides is 2. The zero-order valence-electron chi connectivity index (χ0n) is 11.0. The number of hydrogen-bond acceptors (Lipinski definition) is 3. The van der Waals surface area contributed by atoms with E-state index in [1.54, 1.807) is 31.3 Å². The zero-order chi connectivity index (χ0) is 14.3. The molecule has 0 aromatic heterocycles. The summed E-state index contributed by atoms with van der Waals surface area (Å²) in [4.78, 5) is 24.3. The number of urea groups is 1. The molecule has 1 aromatic rings. The molecule has 0 unspecified atom stereocenters. The molecule has 19 heavy (non-hydrogen) atoms. The Morgan fingerprint density at radius 1 is 1.42 bits per heavy atom. The van der Waals surface area contributed by atoms with Gasteiger partial charge in [0.15, 0.2) is 0 Å². The second-order valence-electron chi connectivity index (χ2n) is 4.04. The van der Waals surface area contributed by atoms with Crippen molar-refractivity contribution in [3.63, 3.8) is 0 Å². The van der Waals surface area contributed by atoms with Crippen LogP contribution in [0.15, 0.2) is 24.3 Å². The third kappa shape index (κ3) is 5.61. The maximum Gasteiger partial charge on any atom is 0.321 e. The van der Waals surface area contributed by atoms with Crippen LogP contribution in [-0.4, -0.2) is 37.6 Å². The minimum absolute atomic E-state index is 0.243. The van der Waals surface area contributed by atoms with Gasteiger partial charge in [-0.15, -0.1) is 0 Å². The molecule has 0 saturated heterocycles. The molecule has 0 fully saturated rings. The van der Waals surface area contributed by atoms with E-state index in [1.807, 2.05) is 0 Å². The standard InChI is InChI=1S/C13H17ClN2O3/c1-16(8-4-7-12(17)19-2)13(18)15-11-6-3-5-10(14)9-11/h3,5-6,9H,4,7-8H2,1-2H3,(H,15,18). The largest absolute Gasteiger partial charge is 0.469 e. The Labute approximate surface area is 117 Å². The lowest BCUT2D eigenvalue weighted by Crippen LogP contribution is -2.32. The summed E-state index contributed by atoms with van der Waals surface area (Å²) in [5.74, 6) is -0.274. The van der Waals surface area contributed by atoms with Gasteiger partial charge in [0.1, 0.15) is 0 Å². The molecule has 6 heteroatoms. The SMILES string of the molecule is COC(=O)CCCN(C)C(=O)Nc1cccc(Cl)c1. The Kier molecular flexibility index (Phi) is 6.15. The number of nitrogens with one attached hydrogen (secondary N) is 1. The Balaban J connectivity index is 2.38. The smallest absolute Gasteiger partial charge is 0.321 e. The molecule has 0 aliphatic heterocycles. The first-order valence-corrected chi connectivity index (χ1v) is 6.25. The van der Waals surface area contributed by atoms with Crippen LogP contribution < -0.4 is 5.32 Å². The summed E-state index contributed by atoms with van der Waals surface area (Å²) in [7, 11) is 3.01. The Morgan fingerprint density at radius 3 is 2.79 bits per heavy atom. The van der Waals surface area contributed by atoms with Crippen molar-refractivity contribution in [1.29, 1.82) is 0 Å². The normalized spacial score (nSPS) is 9.84. The molecule has 1 rings (SSSR count). The fourth-order valence-corrected chi connectivity index (χ4v) is 1.64. The predicted molar refractivity (Wildman–Crippen MR) is 74.4 cm³/mol. The predicted octanol–water partition coefficient (Wildman–Crippen LogP) is 2.76. The van der Waals surface area contributed by atoms with Gasteiger partial charge in [-0.2, -0.15) is 0 Å². The molecule has 5 nitrogen and oxygen atoms in total. The lowest BCUT2D eigenvalue weighted by atomic mass is 10.3. The van der Waals surface area contributed by atoms with E-state index in [0.29, 0.717) is 30.1 Å². The summed E-state index contributed by atoms with van der Waals surface area (Å²) in [6.45, 7) is 0.474. The first kappa shape index (κ1) is 15.3. The van der Waals surface area contributed by atoms with Crippen molar-refractivity contribution < 1.29 is 14.3 Å². The van der Waals surface area contributed by atoms with Crippen molar-refractivity contribution in [2.45, 2.75) is 12.8 Å². The highest BCUT2D eigenvalue weighted by atomic mass is 35.5. The minimum atomic E-state index is -0.274. The maximum atomic E-state index is 11.8. The van der Waals surface area contributed by atoms with Gasteiger partial charge in [0.05, 0.1) is 7.11 Å². The number of anilines is 1. The molecular formula is C13H17ClN2O3. The number of hydrogen-bond donors (Lipinski definition) is 1. The van der Waals surface area contributed by atoms with Crippen LogP contribution in [0.3, 0.4) is 0 Å². The van der Waals surface area contributed by atoms with Gasteiger partial charge in [0, 0.05) is 30.7 Å². The summed E-state index contributed by atoms with van der Waals surface area (Å²) in [6.07, 6.45) is 0.859. The van der Waals surface area contributed by atoms with Crippen LogP contribution in [0.1, 0.15) is 12.8 Å². The molecule has 1 N–H and O–H groups in total. The number of ether oxygens (including phenoxy) is 1. The molecule has 0 aliphatic rings. The topological polar surface area (TPSA) is 58.6 Å². The number of nitrogens with zero attached hydrogens (tertiary/aromatic N) is 1. The van der Waals surface area contributed by atoms with Gasteiger partial charge in [-0.05, 0) is 24.6 Å². The van der Waals surface area contributed by atoms with Gasteiger partial charge in [0.25, 0.3) is 0 Å². The number of benzene rings is 1. The number of methoxy groups -OCH3 is 1. The highest BCUT2D eigenvalue weighted by Crippen LogP contribution is 2.15. The Morgan fingerprint density at radius 2 is 2.16 bits per heavy atom. The van der Waals surface area contributed by atoms with Crippen LogP contribution >= 0.6 is 11.6 Å². The van der Waals surface area contributed by atoms with Gasteiger partial charge in [-0.1, -0.05) is 17.7 Å². The number of rotatable bonds is 5. The van der Waals surface area contributed by atoms with Crippen LogP contribution in [-0.2, 0) is 9.53 Å². The number of carbonyl (C=O) groups excluding carboxylic acids is 2. The lowest BCUT2D eigenvalue weighted by Gasteiger charge is -2.17. The summed E-state index contributed by atoms with van der Waals surface area (Å²) in [5.41, 5.74) is 0.636. The van der Waals surface area contributed by atoms with Crippen molar-refractivity contribution in [3.8, 4) is 0 Å². The van der Waals surface area contributed by atoms with E-state index >= 15 is 0 Å². The van der Waals surface area contributed by atoms with Crippen LogP contribution in [0.4, 0.5) is 10.5 Å².